The number of aromatic amines is 1. The van der Waals surface area contributed by atoms with Crippen molar-refractivity contribution in [2.75, 3.05) is 12.3 Å². The molecule has 3 aromatic heterocycles. The third-order valence-corrected chi connectivity index (χ3v) is 8.20. The molecule has 5 heterocycles. The van der Waals surface area contributed by atoms with E-state index in [0.717, 1.165) is 4.57 Å². The molecule has 2 aliphatic heterocycles. The van der Waals surface area contributed by atoms with Crippen LogP contribution in [0.4, 0.5) is 5.82 Å². The molecule has 19 heteroatoms. The van der Waals surface area contributed by atoms with Gasteiger partial charge < -0.3 is 40.5 Å². The van der Waals surface area contributed by atoms with Crippen molar-refractivity contribution in [1.29, 1.82) is 0 Å². The molecule has 0 amide bonds. The van der Waals surface area contributed by atoms with Gasteiger partial charge in [0.15, 0.2) is 17.3 Å². The van der Waals surface area contributed by atoms with Crippen molar-refractivity contribution in [2.24, 2.45) is 0 Å². The summed E-state index contributed by atoms with van der Waals surface area (Å²) < 4.78 is 31.7. The van der Waals surface area contributed by atoms with Crippen LogP contribution in [0.1, 0.15) is 30.9 Å². The van der Waals surface area contributed by atoms with Gasteiger partial charge in [-0.3, -0.25) is 28.0 Å². The van der Waals surface area contributed by atoms with Gasteiger partial charge in [-0.15, -0.1) is 0 Å². The number of nitrogens with zero attached hydrogens (tertiary/aromatic N) is 5. The van der Waals surface area contributed by atoms with E-state index in [1.807, 2.05) is 0 Å². The maximum absolute atomic E-state index is 13.2. The fourth-order valence-corrected chi connectivity index (χ4v) is 6.03. The lowest BCUT2D eigenvalue weighted by Crippen LogP contribution is -2.44. The van der Waals surface area contributed by atoms with Gasteiger partial charge in [-0.2, -0.15) is 0 Å². The zero-order chi connectivity index (χ0) is 28.3. The summed E-state index contributed by atoms with van der Waals surface area (Å²) in [5.41, 5.74) is 4.94. The zero-order valence-electron chi connectivity index (χ0n) is 20.3. The van der Waals surface area contributed by atoms with E-state index in [1.54, 1.807) is 0 Å². The number of hydrogen-bond acceptors (Lipinski definition) is 14. The number of anilines is 1. The molecule has 39 heavy (non-hydrogen) atoms. The molecule has 0 bridgehead atoms. The third-order valence-electron chi connectivity index (χ3n) is 6.66. The summed E-state index contributed by atoms with van der Waals surface area (Å²) in [6.07, 6.45) is -4.22. The largest absolute Gasteiger partial charge is 0.393 e. The maximum Gasteiger partial charge on any atom is 0.361 e. The number of nitrogens with two attached hydrogens (primary N) is 1. The smallest absolute Gasteiger partial charge is 0.361 e. The Balaban J connectivity index is 1.35. The molecule has 8 atom stereocenters. The van der Waals surface area contributed by atoms with Gasteiger partial charge in [0.1, 0.15) is 36.5 Å². The standard InChI is InChI=1S/C20H26N7O11P/c1-8-4-26(19(32)25-17(8)30)11-2-9(29)14(37-11)18(31)39(34,35)38-20(33)3-12(36-10(20)5-28)27-7-24-13-15(21)22-6-23-16(13)27/h4,6-7,9-12,14,18,28-29,31,33H,2-3,5H2,1H3,(H,34,35)(H2,21,22,23)(H,25,30,32)/t9-,10+,11+,12+,14-,18?,20-/m0/s1. The van der Waals surface area contributed by atoms with Crippen LogP contribution in [0, 0.1) is 6.92 Å². The van der Waals surface area contributed by atoms with Gasteiger partial charge >= 0.3 is 13.3 Å². The van der Waals surface area contributed by atoms with Crippen LogP contribution in [-0.4, -0.2) is 90.9 Å². The van der Waals surface area contributed by atoms with Crippen LogP contribution < -0.4 is 17.0 Å². The van der Waals surface area contributed by atoms with Crippen LogP contribution in [0.25, 0.3) is 11.2 Å². The molecule has 18 nitrogen and oxygen atoms in total. The molecule has 2 fully saturated rings. The highest BCUT2D eigenvalue weighted by atomic mass is 31.2. The molecule has 0 aliphatic carbocycles. The van der Waals surface area contributed by atoms with Crippen molar-refractivity contribution in [1.82, 2.24) is 29.1 Å². The number of fused-ring (bicyclic) bond motifs is 1. The SMILES string of the molecule is Cc1cn([C@H]2C[C@H](O)[C@@H](C(O)P(=O)(O)O[C@@]3(O)C[C@H](n4cnc5c(N)ncnc54)O[C@@H]3CO)O2)c(=O)[nH]c1=O. The van der Waals surface area contributed by atoms with Crippen molar-refractivity contribution in [3.05, 3.63) is 45.3 Å². The van der Waals surface area contributed by atoms with Crippen molar-refractivity contribution >= 4 is 24.6 Å². The van der Waals surface area contributed by atoms with E-state index in [2.05, 4.69) is 19.9 Å². The molecule has 0 spiro atoms. The summed E-state index contributed by atoms with van der Waals surface area (Å²) >= 11 is 0. The highest BCUT2D eigenvalue weighted by Crippen LogP contribution is 2.56. The van der Waals surface area contributed by atoms with Crippen LogP contribution in [0.2, 0.25) is 0 Å². The first-order valence-electron chi connectivity index (χ1n) is 11.6. The Morgan fingerprint density at radius 3 is 2.74 bits per heavy atom. The molecule has 2 aliphatic rings. The average Bonchev–Trinajstić information content (AvgIpc) is 3.55. The molecule has 3 aromatic rings. The Hall–Kier alpha value is -3.06. The van der Waals surface area contributed by atoms with Gasteiger partial charge in [0.2, 0.25) is 5.79 Å². The van der Waals surface area contributed by atoms with Gasteiger partial charge in [0.05, 0.1) is 25.5 Å². The fraction of sp³-hybridized carbons (Fsp3) is 0.550. The molecule has 0 aromatic carbocycles. The first-order valence-corrected chi connectivity index (χ1v) is 13.3. The molecule has 8 N–H and O–H groups in total. The van der Waals surface area contributed by atoms with Crippen molar-refractivity contribution in [3.8, 4) is 0 Å². The Kier molecular flexibility index (Phi) is 6.94. The van der Waals surface area contributed by atoms with Gasteiger partial charge in [0.25, 0.3) is 5.56 Å². The number of rotatable bonds is 7. The zero-order valence-corrected chi connectivity index (χ0v) is 21.2. The van der Waals surface area contributed by atoms with Crippen molar-refractivity contribution in [3.63, 3.8) is 0 Å². The van der Waals surface area contributed by atoms with Gasteiger partial charge in [-0.05, 0) is 6.92 Å². The van der Waals surface area contributed by atoms with E-state index in [0.29, 0.717) is 0 Å². The minimum atomic E-state index is -5.23. The molecule has 2 saturated heterocycles. The summed E-state index contributed by atoms with van der Waals surface area (Å²) in [4.78, 5) is 48.5. The molecule has 0 radical (unpaired) electrons. The second-order valence-electron chi connectivity index (χ2n) is 9.30. The number of nitrogen functional groups attached to an aromatic ring is 1. The molecule has 212 valence electrons. The monoisotopic (exact) mass is 571 g/mol. The number of hydrogen-bond donors (Lipinski definition) is 7. The minimum Gasteiger partial charge on any atom is -0.393 e. The summed E-state index contributed by atoms with van der Waals surface area (Å²) in [5, 5.41) is 42.1. The van der Waals surface area contributed by atoms with Crippen molar-refractivity contribution in [2.45, 2.75) is 62.2 Å². The third kappa shape index (κ3) is 4.79. The molecule has 5 rings (SSSR count). The average molecular weight is 571 g/mol. The van der Waals surface area contributed by atoms with Crippen LogP contribution >= 0.6 is 7.60 Å². The first kappa shape index (κ1) is 27.5. The summed E-state index contributed by atoms with van der Waals surface area (Å²) in [5.74, 6) is -4.89. The number of aromatic nitrogens is 6. The summed E-state index contributed by atoms with van der Waals surface area (Å²) in [6, 6.07) is 0. The second kappa shape index (κ2) is 9.84. The van der Waals surface area contributed by atoms with Gasteiger partial charge in [0, 0.05) is 18.2 Å². The van der Waals surface area contributed by atoms with Crippen molar-refractivity contribution < 1.29 is 43.9 Å². The molecule has 0 saturated carbocycles. The maximum atomic E-state index is 13.2. The van der Waals surface area contributed by atoms with Crippen LogP contribution in [0.15, 0.2) is 28.4 Å². The second-order valence-corrected chi connectivity index (χ2v) is 11.1. The number of aryl methyl sites for hydroxylation is 1. The molecular weight excluding hydrogens is 545 g/mol. The minimum absolute atomic E-state index is 0.0812. The van der Waals surface area contributed by atoms with Crippen LogP contribution in [0.5, 0.6) is 0 Å². The fourth-order valence-electron chi connectivity index (χ4n) is 4.63. The number of H-pyrrole nitrogens is 1. The molecular formula is C20H26N7O11P. The lowest BCUT2D eigenvalue weighted by molar-refractivity contribution is -0.191. The van der Waals surface area contributed by atoms with Crippen LogP contribution in [0.3, 0.4) is 0 Å². The summed E-state index contributed by atoms with van der Waals surface area (Å²) in [6.45, 7) is 0.595. The lowest BCUT2D eigenvalue weighted by atomic mass is 10.1. The lowest BCUT2D eigenvalue weighted by Gasteiger charge is -2.32. The number of imidazole rings is 1. The highest BCUT2D eigenvalue weighted by molar-refractivity contribution is 7.53. The molecule has 2 unspecified atom stereocenters. The van der Waals surface area contributed by atoms with Crippen LogP contribution in [-0.2, 0) is 18.6 Å². The normalized spacial score (nSPS) is 31.5. The highest BCUT2D eigenvalue weighted by Gasteiger charge is 2.56. The Bertz CT molecular complexity index is 1560. The number of aliphatic hydroxyl groups excluding tert-OH is 3. The Morgan fingerprint density at radius 2 is 2.03 bits per heavy atom. The predicted molar refractivity (Wildman–Crippen MR) is 128 cm³/mol. The van der Waals surface area contributed by atoms with E-state index in [1.165, 1.54) is 30.3 Å². The van der Waals surface area contributed by atoms with E-state index in [4.69, 9.17) is 19.7 Å². The predicted octanol–water partition coefficient (Wildman–Crippen LogP) is -2.60. The van der Waals surface area contributed by atoms with E-state index < -0.39 is 74.3 Å². The number of aliphatic hydroxyl groups is 4. The number of nitrogens with one attached hydrogen (secondary N) is 1. The first-order chi connectivity index (χ1) is 18.3. The quantitative estimate of drug-likeness (QED) is 0.113. The van der Waals surface area contributed by atoms with Gasteiger partial charge in [-0.25, -0.2) is 19.7 Å². The van der Waals surface area contributed by atoms with E-state index in [9.17, 15) is 39.5 Å². The topological polar surface area (TPSA) is 270 Å². The van der Waals surface area contributed by atoms with E-state index in [-0.39, 0.29) is 29.0 Å². The number of ether oxygens (including phenoxy) is 2. The Morgan fingerprint density at radius 1 is 1.28 bits per heavy atom. The van der Waals surface area contributed by atoms with E-state index >= 15 is 0 Å². The Labute approximate surface area is 217 Å². The summed E-state index contributed by atoms with van der Waals surface area (Å²) in [7, 11) is -5.23. The van der Waals surface area contributed by atoms with Gasteiger partial charge in [-0.1, -0.05) is 0 Å².